The first kappa shape index (κ1) is 12.3. The normalized spacial score (nSPS) is 10.0. The van der Waals surface area contributed by atoms with Crippen LogP contribution in [0.3, 0.4) is 0 Å². The van der Waals surface area contributed by atoms with Crippen molar-refractivity contribution in [2.24, 2.45) is 0 Å². The highest BCUT2D eigenvalue weighted by Gasteiger charge is 2.03. The van der Waals surface area contributed by atoms with E-state index in [1.54, 1.807) is 0 Å². The van der Waals surface area contributed by atoms with Crippen LogP contribution in [-0.2, 0) is 6.42 Å². The Morgan fingerprint density at radius 3 is 2.39 bits per heavy atom. The number of hydrogen-bond donors (Lipinski definition) is 1. The highest BCUT2D eigenvalue weighted by molar-refractivity contribution is 5.70. The fourth-order valence-electron chi connectivity index (χ4n) is 1.97. The van der Waals surface area contributed by atoms with Crippen molar-refractivity contribution in [3.05, 3.63) is 59.7 Å². The minimum Gasteiger partial charge on any atom is -0.396 e. The van der Waals surface area contributed by atoms with E-state index in [0.717, 1.165) is 24.0 Å². The van der Waals surface area contributed by atoms with Gasteiger partial charge >= 0.3 is 0 Å². The molecule has 90 valence electrons. The van der Waals surface area contributed by atoms with E-state index in [1.807, 2.05) is 36.4 Å². The Labute approximate surface area is 107 Å². The van der Waals surface area contributed by atoms with Gasteiger partial charge in [-0.3, -0.25) is 0 Å². The zero-order valence-electron chi connectivity index (χ0n) is 10.1. The summed E-state index contributed by atoms with van der Waals surface area (Å²) in [6, 6.07) is 18.0. The second-order valence-electron chi connectivity index (χ2n) is 4.18. The van der Waals surface area contributed by atoms with Crippen molar-refractivity contribution in [2.75, 3.05) is 6.61 Å². The summed E-state index contributed by atoms with van der Waals surface area (Å²) in [6.45, 7) is 0.221. The summed E-state index contributed by atoms with van der Waals surface area (Å²) < 4.78 is 0. The smallest absolute Gasteiger partial charge is 0.0998 e. The molecular weight excluding hydrogens is 222 g/mol. The molecule has 0 aromatic heterocycles. The number of nitrogens with zero attached hydrogens (tertiary/aromatic N) is 1. The SMILES string of the molecule is N#Cc1ccccc1-c1ccc(CCCO)cc1. The van der Waals surface area contributed by atoms with E-state index in [0.29, 0.717) is 5.56 Å². The van der Waals surface area contributed by atoms with Crippen LogP contribution < -0.4 is 0 Å². The largest absolute Gasteiger partial charge is 0.396 e. The van der Waals surface area contributed by atoms with Gasteiger partial charge in [-0.1, -0.05) is 42.5 Å². The molecule has 0 aliphatic carbocycles. The lowest BCUT2D eigenvalue weighted by Crippen LogP contribution is -1.90. The number of benzene rings is 2. The Bertz CT molecular complexity index is 552. The maximum atomic E-state index is 9.07. The van der Waals surface area contributed by atoms with Crippen LogP contribution in [0.2, 0.25) is 0 Å². The Kier molecular flexibility index (Phi) is 4.11. The minimum atomic E-state index is 0.221. The lowest BCUT2D eigenvalue weighted by molar-refractivity contribution is 0.288. The first-order chi connectivity index (χ1) is 8.85. The molecule has 0 radical (unpaired) electrons. The molecule has 2 rings (SSSR count). The molecule has 0 amide bonds. The molecule has 0 bridgehead atoms. The summed E-state index contributed by atoms with van der Waals surface area (Å²) in [5, 5.41) is 17.9. The quantitative estimate of drug-likeness (QED) is 0.887. The van der Waals surface area contributed by atoms with Crippen molar-refractivity contribution >= 4 is 0 Å². The van der Waals surface area contributed by atoms with Gasteiger partial charge in [0.05, 0.1) is 11.6 Å². The van der Waals surface area contributed by atoms with Gasteiger partial charge in [-0.25, -0.2) is 0 Å². The molecule has 0 aliphatic heterocycles. The first-order valence-electron chi connectivity index (χ1n) is 6.04. The summed E-state index contributed by atoms with van der Waals surface area (Å²) in [4.78, 5) is 0. The second kappa shape index (κ2) is 6.00. The van der Waals surface area contributed by atoms with Crippen molar-refractivity contribution in [1.29, 1.82) is 5.26 Å². The molecule has 0 heterocycles. The molecule has 18 heavy (non-hydrogen) atoms. The van der Waals surface area contributed by atoms with E-state index in [2.05, 4.69) is 18.2 Å². The van der Waals surface area contributed by atoms with Gasteiger partial charge in [0.25, 0.3) is 0 Å². The van der Waals surface area contributed by atoms with Gasteiger partial charge in [0.1, 0.15) is 0 Å². The molecule has 2 aromatic carbocycles. The Hall–Kier alpha value is -2.11. The van der Waals surface area contributed by atoms with Crippen molar-refractivity contribution in [2.45, 2.75) is 12.8 Å². The number of aryl methyl sites for hydroxylation is 1. The molecule has 2 aromatic rings. The summed E-state index contributed by atoms with van der Waals surface area (Å²) in [5.41, 5.74) is 3.93. The van der Waals surface area contributed by atoms with Crippen molar-refractivity contribution in [3.63, 3.8) is 0 Å². The topological polar surface area (TPSA) is 44.0 Å². The predicted molar refractivity (Wildman–Crippen MR) is 72.0 cm³/mol. The molecule has 0 unspecified atom stereocenters. The molecule has 2 heteroatoms. The average Bonchev–Trinajstić information content (AvgIpc) is 2.45. The van der Waals surface area contributed by atoms with Crippen LogP contribution >= 0.6 is 0 Å². The summed E-state index contributed by atoms with van der Waals surface area (Å²) in [7, 11) is 0. The number of aliphatic hydroxyl groups is 1. The fourth-order valence-corrected chi connectivity index (χ4v) is 1.97. The van der Waals surface area contributed by atoms with Gasteiger partial charge in [0.2, 0.25) is 0 Å². The van der Waals surface area contributed by atoms with Crippen molar-refractivity contribution in [3.8, 4) is 17.2 Å². The number of aliphatic hydroxyl groups excluding tert-OH is 1. The first-order valence-corrected chi connectivity index (χ1v) is 6.04. The molecule has 0 saturated carbocycles. The van der Waals surface area contributed by atoms with Crippen LogP contribution in [0.4, 0.5) is 0 Å². The molecule has 0 fully saturated rings. The Morgan fingerprint density at radius 2 is 1.72 bits per heavy atom. The predicted octanol–water partition coefficient (Wildman–Crippen LogP) is 3.15. The van der Waals surface area contributed by atoms with Crippen LogP contribution in [0.25, 0.3) is 11.1 Å². The Morgan fingerprint density at radius 1 is 1.00 bits per heavy atom. The minimum absolute atomic E-state index is 0.221. The number of hydrogen-bond acceptors (Lipinski definition) is 2. The van der Waals surface area contributed by atoms with Crippen molar-refractivity contribution in [1.82, 2.24) is 0 Å². The van der Waals surface area contributed by atoms with Gasteiger partial charge in [-0.05, 0) is 35.6 Å². The maximum Gasteiger partial charge on any atom is 0.0998 e. The van der Waals surface area contributed by atoms with E-state index in [1.165, 1.54) is 5.56 Å². The van der Waals surface area contributed by atoms with Gasteiger partial charge in [-0.2, -0.15) is 5.26 Å². The van der Waals surface area contributed by atoms with Gasteiger partial charge in [0, 0.05) is 6.61 Å². The lowest BCUT2D eigenvalue weighted by atomic mass is 9.98. The van der Waals surface area contributed by atoms with E-state index in [9.17, 15) is 0 Å². The third-order valence-electron chi connectivity index (χ3n) is 2.94. The highest BCUT2D eigenvalue weighted by atomic mass is 16.2. The standard InChI is InChI=1S/C16H15NO/c17-12-15-5-1-2-6-16(15)14-9-7-13(8-10-14)4-3-11-18/h1-2,5-10,18H,3-4,11H2. The second-order valence-corrected chi connectivity index (χ2v) is 4.18. The summed E-state index contributed by atoms with van der Waals surface area (Å²) in [6.07, 6.45) is 1.67. The van der Waals surface area contributed by atoms with Gasteiger partial charge < -0.3 is 5.11 Å². The van der Waals surface area contributed by atoms with Crippen LogP contribution in [0.5, 0.6) is 0 Å². The average molecular weight is 237 g/mol. The van der Waals surface area contributed by atoms with E-state index in [4.69, 9.17) is 10.4 Å². The van der Waals surface area contributed by atoms with Gasteiger partial charge in [0.15, 0.2) is 0 Å². The molecule has 0 spiro atoms. The van der Waals surface area contributed by atoms with E-state index in [-0.39, 0.29) is 6.61 Å². The number of nitriles is 1. The van der Waals surface area contributed by atoms with E-state index >= 15 is 0 Å². The monoisotopic (exact) mass is 237 g/mol. The lowest BCUT2D eigenvalue weighted by Gasteiger charge is -2.05. The summed E-state index contributed by atoms with van der Waals surface area (Å²) in [5.74, 6) is 0. The molecular formula is C16H15NO. The zero-order valence-corrected chi connectivity index (χ0v) is 10.1. The zero-order chi connectivity index (χ0) is 12.8. The van der Waals surface area contributed by atoms with Gasteiger partial charge in [-0.15, -0.1) is 0 Å². The van der Waals surface area contributed by atoms with Crippen LogP contribution in [0.15, 0.2) is 48.5 Å². The van der Waals surface area contributed by atoms with Crippen LogP contribution in [0.1, 0.15) is 17.5 Å². The summed E-state index contributed by atoms with van der Waals surface area (Å²) >= 11 is 0. The molecule has 0 aliphatic rings. The maximum absolute atomic E-state index is 9.07. The van der Waals surface area contributed by atoms with E-state index < -0.39 is 0 Å². The number of rotatable bonds is 4. The van der Waals surface area contributed by atoms with Crippen molar-refractivity contribution < 1.29 is 5.11 Å². The third-order valence-corrected chi connectivity index (χ3v) is 2.94. The highest BCUT2D eigenvalue weighted by Crippen LogP contribution is 2.23. The van der Waals surface area contributed by atoms with Crippen LogP contribution in [0, 0.1) is 11.3 Å². The molecule has 2 nitrogen and oxygen atoms in total. The third kappa shape index (κ3) is 2.77. The fraction of sp³-hybridized carbons (Fsp3) is 0.188. The molecule has 1 N–H and O–H groups in total. The van der Waals surface area contributed by atoms with Crippen LogP contribution in [-0.4, -0.2) is 11.7 Å². The molecule has 0 saturated heterocycles. The molecule has 0 atom stereocenters. The Balaban J connectivity index is 2.27.